The van der Waals surface area contributed by atoms with Crippen LogP contribution >= 0.6 is 0 Å². The van der Waals surface area contributed by atoms with Crippen LogP contribution in [0.5, 0.6) is 11.5 Å². The molecule has 35 heavy (non-hydrogen) atoms. The number of nitro benzene ring substituents is 1. The van der Waals surface area contributed by atoms with Gasteiger partial charge in [0.2, 0.25) is 0 Å². The van der Waals surface area contributed by atoms with Gasteiger partial charge in [-0.3, -0.25) is 10.1 Å². The number of oxime groups is 1. The molecule has 12 nitrogen and oxygen atoms in total. The van der Waals surface area contributed by atoms with E-state index in [0.29, 0.717) is 17.0 Å². The fraction of sp³-hybridized carbons (Fsp3) is 0.261. The van der Waals surface area contributed by atoms with Gasteiger partial charge in [0.1, 0.15) is 18.2 Å². The van der Waals surface area contributed by atoms with Crippen LogP contribution in [0.25, 0.3) is 0 Å². The Bertz CT molecular complexity index is 1210. The molecule has 0 fully saturated rings. The first-order valence-electron chi connectivity index (χ1n) is 10.2. The number of benzene rings is 2. The highest BCUT2D eigenvalue weighted by atomic mass is 16.6. The maximum absolute atomic E-state index is 12.5. The number of para-hydroxylation sites is 1. The van der Waals surface area contributed by atoms with E-state index in [9.17, 15) is 19.7 Å². The van der Waals surface area contributed by atoms with E-state index >= 15 is 0 Å². The van der Waals surface area contributed by atoms with Gasteiger partial charge in [-0.15, -0.1) is 0 Å². The van der Waals surface area contributed by atoms with Crippen molar-refractivity contribution in [2.45, 2.75) is 6.92 Å². The summed E-state index contributed by atoms with van der Waals surface area (Å²) in [5.41, 5.74) is 0.678. The van der Waals surface area contributed by atoms with E-state index in [1.807, 2.05) is 0 Å². The molecule has 1 aliphatic rings. The Labute approximate surface area is 200 Å². The van der Waals surface area contributed by atoms with Gasteiger partial charge in [0.15, 0.2) is 5.75 Å². The van der Waals surface area contributed by atoms with Gasteiger partial charge in [0, 0.05) is 17.7 Å². The highest BCUT2D eigenvalue weighted by Gasteiger charge is 2.33. The van der Waals surface area contributed by atoms with Crippen LogP contribution in [0.3, 0.4) is 0 Å². The number of nitrogens with zero attached hydrogens (tertiary/aromatic N) is 3. The second-order valence-electron chi connectivity index (χ2n) is 7.13. The van der Waals surface area contributed by atoms with E-state index in [0.717, 1.165) is 14.2 Å². The van der Waals surface area contributed by atoms with Crippen molar-refractivity contribution in [3.63, 3.8) is 0 Å². The third kappa shape index (κ3) is 5.55. The number of non-ortho nitro benzene ring substituents is 1. The van der Waals surface area contributed by atoms with Crippen LogP contribution in [-0.4, -0.2) is 57.2 Å². The van der Waals surface area contributed by atoms with Crippen LogP contribution in [0, 0.1) is 10.1 Å². The predicted molar refractivity (Wildman–Crippen MR) is 123 cm³/mol. The van der Waals surface area contributed by atoms with Gasteiger partial charge in [0.05, 0.1) is 55.9 Å². The van der Waals surface area contributed by atoms with E-state index < -0.39 is 16.9 Å². The maximum Gasteiger partial charge on any atom is 0.355 e. The zero-order valence-corrected chi connectivity index (χ0v) is 19.5. The zero-order valence-electron chi connectivity index (χ0n) is 19.5. The van der Waals surface area contributed by atoms with Gasteiger partial charge in [-0.25, -0.2) is 9.59 Å². The first-order valence-corrected chi connectivity index (χ1v) is 10.2. The minimum atomic E-state index is -0.840. The lowest BCUT2D eigenvalue weighted by molar-refractivity contribution is -0.384. The van der Waals surface area contributed by atoms with Crippen LogP contribution in [0.4, 0.5) is 11.4 Å². The van der Waals surface area contributed by atoms with Crippen molar-refractivity contribution in [1.29, 1.82) is 0 Å². The molecule has 0 saturated heterocycles. The van der Waals surface area contributed by atoms with Gasteiger partial charge < -0.3 is 28.7 Å². The average molecular weight is 485 g/mol. The number of carbonyl (C=O) groups is 2. The number of ether oxygens (including phenoxy) is 4. The van der Waals surface area contributed by atoms with Crippen LogP contribution in [0.1, 0.15) is 12.5 Å². The summed E-state index contributed by atoms with van der Waals surface area (Å²) < 4.78 is 20.3. The molecule has 0 unspecified atom stereocenters. The van der Waals surface area contributed by atoms with E-state index in [4.69, 9.17) is 23.8 Å². The third-order valence-corrected chi connectivity index (χ3v) is 5.02. The van der Waals surface area contributed by atoms with Gasteiger partial charge in [0.25, 0.3) is 5.69 Å². The van der Waals surface area contributed by atoms with Crippen molar-refractivity contribution < 1.29 is 38.3 Å². The summed E-state index contributed by atoms with van der Waals surface area (Å²) in [5, 5.41) is 15.7. The van der Waals surface area contributed by atoms with Crippen LogP contribution in [0.2, 0.25) is 0 Å². The minimum Gasteiger partial charge on any atom is -0.496 e. The molecule has 1 aliphatic heterocycles. The van der Waals surface area contributed by atoms with Crippen molar-refractivity contribution in [3.05, 3.63) is 69.4 Å². The van der Waals surface area contributed by atoms with Gasteiger partial charge in [-0.1, -0.05) is 17.3 Å². The Hall–Kier alpha value is -4.45. The molecule has 0 amide bonds. The monoisotopic (exact) mass is 485 g/mol. The lowest BCUT2D eigenvalue weighted by Gasteiger charge is -2.31. The Balaban J connectivity index is 2.05. The van der Waals surface area contributed by atoms with Crippen LogP contribution < -0.4 is 14.5 Å². The van der Waals surface area contributed by atoms with Gasteiger partial charge >= 0.3 is 11.9 Å². The Morgan fingerprint density at radius 1 is 1.09 bits per heavy atom. The smallest absolute Gasteiger partial charge is 0.355 e. The summed E-state index contributed by atoms with van der Waals surface area (Å²) in [6.07, 6.45) is 0. The molecule has 0 saturated carbocycles. The Morgan fingerprint density at radius 2 is 1.80 bits per heavy atom. The number of rotatable bonds is 8. The standard InChI is InChI=1S/C23H23N3O9/c1-14(18-7-5-6-8-20(18)31-2)24-35-17-10-15(9-16(11-17)26(29)30)25-13-34-12-19(22(27)32-3)21(25)23(28)33-4/h5-11H,12-13H2,1-4H3. The molecule has 0 aromatic heterocycles. The molecule has 0 spiro atoms. The maximum atomic E-state index is 12.5. The average Bonchev–Trinajstić information content (AvgIpc) is 2.89. The fourth-order valence-corrected chi connectivity index (χ4v) is 3.34. The first-order chi connectivity index (χ1) is 16.8. The number of hydrogen-bond donors (Lipinski definition) is 0. The largest absolute Gasteiger partial charge is 0.496 e. The van der Waals surface area contributed by atoms with Crippen molar-refractivity contribution in [1.82, 2.24) is 0 Å². The van der Waals surface area contributed by atoms with Crippen molar-refractivity contribution in [3.8, 4) is 11.5 Å². The molecular weight excluding hydrogens is 462 g/mol. The summed E-state index contributed by atoms with van der Waals surface area (Å²) in [4.78, 5) is 42.5. The molecule has 12 heteroatoms. The number of methoxy groups -OCH3 is 3. The van der Waals surface area contributed by atoms with Crippen molar-refractivity contribution in [2.24, 2.45) is 5.16 Å². The second kappa shape index (κ2) is 11.1. The molecule has 2 aromatic carbocycles. The number of hydrogen-bond acceptors (Lipinski definition) is 11. The van der Waals surface area contributed by atoms with E-state index in [-0.39, 0.29) is 41.7 Å². The van der Waals surface area contributed by atoms with Crippen LogP contribution in [0.15, 0.2) is 58.9 Å². The molecule has 0 N–H and O–H groups in total. The number of nitro groups is 1. The van der Waals surface area contributed by atoms with Crippen molar-refractivity contribution in [2.75, 3.05) is 39.6 Å². The first kappa shape index (κ1) is 25.2. The topological polar surface area (TPSA) is 139 Å². The molecule has 3 rings (SSSR count). The molecular formula is C23H23N3O9. The number of esters is 2. The molecule has 184 valence electrons. The second-order valence-corrected chi connectivity index (χ2v) is 7.13. The molecule has 0 aliphatic carbocycles. The van der Waals surface area contributed by atoms with E-state index in [1.54, 1.807) is 31.2 Å². The number of carbonyl (C=O) groups excluding carboxylic acids is 2. The summed E-state index contributed by atoms with van der Waals surface area (Å²) in [6.45, 7) is 1.30. The molecule has 0 atom stereocenters. The van der Waals surface area contributed by atoms with Crippen LogP contribution in [-0.2, 0) is 23.8 Å². The zero-order chi connectivity index (χ0) is 25.5. The molecule has 0 radical (unpaired) electrons. The lowest BCUT2D eigenvalue weighted by Crippen LogP contribution is -2.38. The predicted octanol–water partition coefficient (Wildman–Crippen LogP) is 2.80. The number of anilines is 1. The molecule has 2 aromatic rings. The van der Waals surface area contributed by atoms with E-state index in [1.165, 1.54) is 30.2 Å². The summed E-state index contributed by atoms with van der Waals surface area (Å²) in [5.74, 6) is -1.05. The highest BCUT2D eigenvalue weighted by molar-refractivity contribution is 6.03. The van der Waals surface area contributed by atoms with Gasteiger partial charge in [-0.05, 0) is 19.1 Å². The fourth-order valence-electron chi connectivity index (χ4n) is 3.34. The molecule has 1 heterocycles. The van der Waals surface area contributed by atoms with Gasteiger partial charge in [-0.2, -0.15) is 0 Å². The van der Waals surface area contributed by atoms with Crippen molar-refractivity contribution >= 4 is 29.0 Å². The molecule has 0 bridgehead atoms. The SMILES string of the molecule is COC(=O)C1=C(C(=O)OC)N(c2cc(ON=C(C)c3ccccc3OC)cc([N+](=O)[O-])c2)COC1. The third-order valence-electron chi connectivity index (χ3n) is 5.02. The Morgan fingerprint density at radius 3 is 2.46 bits per heavy atom. The lowest BCUT2D eigenvalue weighted by atomic mass is 10.1. The normalized spacial score (nSPS) is 13.8. The van der Waals surface area contributed by atoms with E-state index in [2.05, 4.69) is 5.16 Å². The quantitative estimate of drug-likeness (QED) is 0.237. The summed E-state index contributed by atoms with van der Waals surface area (Å²) in [6, 6.07) is 10.9. The highest BCUT2D eigenvalue weighted by Crippen LogP contribution is 2.33. The summed E-state index contributed by atoms with van der Waals surface area (Å²) >= 11 is 0. The minimum absolute atomic E-state index is 0.0119. The summed E-state index contributed by atoms with van der Waals surface area (Å²) in [7, 11) is 3.83. The Kier molecular flexibility index (Phi) is 8.00.